The van der Waals surface area contributed by atoms with E-state index in [4.69, 9.17) is 13.6 Å². The van der Waals surface area contributed by atoms with Crippen molar-refractivity contribution in [3.8, 4) is 0 Å². The second-order valence-electron chi connectivity index (χ2n) is 10.6. The summed E-state index contributed by atoms with van der Waals surface area (Å²) in [7, 11) is -3.50. The van der Waals surface area contributed by atoms with Crippen LogP contribution in [0.15, 0.2) is 0 Å². The highest BCUT2D eigenvalue weighted by atomic mass is 28.4. The fraction of sp³-hybridized carbons (Fsp3) is 1.00. The number of rotatable bonds is 8. The summed E-state index contributed by atoms with van der Waals surface area (Å²) in [5.41, 5.74) is 0. The molecule has 1 saturated heterocycles. The summed E-state index contributed by atoms with van der Waals surface area (Å²) >= 11 is 0. The van der Waals surface area contributed by atoms with Gasteiger partial charge in [0.1, 0.15) is 0 Å². The Hall–Kier alpha value is 0.314. The van der Waals surface area contributed by atoms with Crippen LogP contribution in [0.4, 0.5) is 0 Å². The average Bonchev–Trinajstić information content (AvgIpc) is 3.07. The SMILES string of the molecule is C[C@@H](C[C@@H](C[C@H]1CO1)O[Si](C)(C)C(C)(C)C)O[Si](C)(C)C(C)(C)C. The molecular formula is C19H42O3Si2. The van der Waals surface area contributed by atoms with E-state index in [0.29, 0.717) is 6.10 Å². The number of hydrogen-bond acceptors (Lipinski definition) is 3. The Morgan fingerprint density at radius 1 is 0.917 bits per heavy atom. The Kier molecular flexibility index (Phi) is 7.00. The lowest BCUT2D eigenvalue weighted by Crippen LogP contribution is -2.47. The summed E-state index contributed by atoms with van der Waals surface area (Å²) in [4.78, 5) is 0. The van der Waals surface area contributed by atoms with Crippen molar-refractivity contribution in [3.63, 3.8) is 0 Å². The molecule has 0 aromatic heterocycles. The minimum Gasteiger partial charge on any atom is -0.414 e. The molecule has 1 aliphatic heterocycles. The summed E-state index contributed by atoms with van der Waals surface area (Å²) in [5.74, 6) is 0. The van der Waals surface area contributed by atoms with Crippen molar-refractivity contribution in [2.24, 2.45) is 0 Å². The Morgan fingerprint density at radius 3 is 1.71 bits per heavy atom. The van der Waals surface area contributed by atoms with E-state index in [-0.39, 0.29) is 22.3 Å². The standard InChI is InChI=1S/C19H42O3Si2/c1-15(21-23(8,9)18(2,3)4)12-16(13-17-14-20-17)22-24(10,11)19(5,6)7/h15-17H,12-14H2,1-11H3/t15-,16-,17-/m0/s1. The molecule has 24 heavy (non-hydrogen) atoms. The molecule has 0 aliphatic carbocycles. The lowest BCUT2D eigenvalue weighted by Gasteiger charge is -2.42. The predicted octanol–water partition coefficient (Wildman–Crippen LogP) is 5.97. The number of ether oxygens (including phenoxy) is 1. The van der Waals surface area contributed by atoms with Crippen LogP contribution in [0.25, 0.3) is 0 Å². The van der Waals surface area contributed by atoms with Crippen molar-refractivity contribution in [1.29, 1.82) is 0 Å². The van der Waals surface area contributed by atoms with Crippen molar-refractivity contribution < 1.29 is 13.6 Å². The van der Waals surface area contributed by atoms with Crippen molar-refractivity contribution in [1.82, 2.24) is 0 Å². The van der Waals surface area contributed by atoms with Crippen LogP contribution in [0.2, 0.25) is 36.3 Å². The first-order chi connectivity index (χ1) is 10.6. The van der Waals surface area contributed by atoms with Crippen LogP contribution in [0.5, 0.6) is 0 Å². The van der Waals surface area contributed by atoms with Crippen LogP contribution in [0.3, 0.4) is 0 Å². The first kappa shape index (κ1) is 22.4. The third kappa shape index (κ3) is 6.56. The maximum Gasteiger partial charge on any atom is 0.192 e. The summed E-state index contributed by atoms with van der Waals surface area (Å²) in [5, 5.41) is 0.482. The highest BCUT2D eigenvalue weighted by Gasteiger charge is 2.42. The largest absolute Gasteiger partial charge is 0.414 e. The molecule has 0 aromatic carbocycles. The van der Waals surface area contributed by atoms with E-state index in [1.807, 2.05) is 0 Å². The predicted molar refractivity (Wildman–Crippen MR) is 109 cm³/mol. The zero-order valence-corrected chi connectivity index (χ0v) is 20.1. The minimum atomic E-state index is -1.77. The van der Waals surface area contributed by atoms with E-state index in [9.17, 15) is 0 Å². The maximum atomic E-state index is 6.72. The summed E-state index contributed by atoms with van der Waals surface area (Å²) in [6.07, 6.45) is 2.87. The fourth-order valence-electron chi connectivity index (χ4n) is 2.38. The highest BCUT2D eigenvalue weighted by molar-refractivity contribution is 6.74. The lowest BCUT2D eigenvalue weighted by atomic mass is 10.1. The van der Waals surface area contributed by atoms with Crippen LogP contribution in [-0.2, 0) is 13.6 Å². The second-order valence-corrected chi connectivity index (χ2v) is 20.1. The molecular weight excluding hydrogens is 332 g/mol. The summed E-state index contributed by atoms with van der Waals surface area (Å²) in [6.45, 7) is 26.3. The molecule has 0 bridgehead atoms. The third-order valence-corrected chi connectivity index (χ3v) is 15.2. The van der Waals surface area contributed by atoms with E-state index >= 15 is 0 Å². The van der Waals surface area contributed by atoms with Gasteiger partial charge < -0.3 is 13.6 Å². The van der Waals surface area contributed by atoms with Gasteiger partial charge >= 0.3 is 0 Å². The Bertz CT molecular complexity index is 404. The summed E-state index contributed by atoms with van der Waals surface area (Å²) in [6, 6.07) is 0. The second kappa shape index (κ2) is 7.51. The van der Waals surface area contributed by atoms with Gasteiger partial charge in [-0.25, -0.2) is 0 Å². The normalized spacial score (nSPS) is 22.4. The quantitative estimate of drug-likeness (QED) is 0.387. The molecule has 1 rings (SSSR count). The van der Waals surface area contributed by atoms with Crippen LogP contribution in [0.1, 0.15) is 61.3 Å². The third-order valence-electron chi connectivity index (χ3n) is 6.09. The van der Waals surface area contributed by atoms with E-state index in [1.54, 1.807) is 0 Å². The molecule has 0 aromatic rings. The van der Waals surface area contributed by atoms with Gasteiger partial charge in [0.05, 0.1) is 18.8 Å². The van der Waals surface area contributed by atoms with Crippen LogP contribution in [-0.4, -0.2) is 41.6 Å². The molecule has 144 valence electrons. The van der Waals surface area contributed by atoms with Gasteiger partial charge in [-0.2, -0.15) is 0 Å². The first-order valence-corrected chi connectivity index (χ1v) is 15.3. The van der Waals surface area contributed by atoms with Crippen molar-refractivity contribution >= 4 is 16.6 Å². The van der Waals surface area contributed by atoms with Crippen LogP contribution in [0, 0.1) is 0 Å². The van der Waals surface area contributed by atoms with Gasteiger partial charge in [0.15, 0.2) is 16.6 Å². The Labute approximate surface area is 153 Å². The van der Waals surface area contributed by atoms with E-state index in [1.165, 1.54) is 0 Å². The van der Waals surface area contributed by atoms with Gasteiger partial charge in [-0.15, -0.1) is 0 Å². The van der Waals surface area contributed by atoms with Crippen molar-refractivity contribution in [3.05, 3.63) is 0 Å². The first-order valence-electron chi connectivity index (χ1n) is 9.52. The molecule has 1 aliphatic rings. The molecule has 3 nitrogen and oxygen atoms in total. The Balaban J connectivity index is 2.72. The topological polar surface area (TPSA) is 31.0 Å². The van der Waals surface area contributed by atoms with Gasteiger partial charge in [-0.3, -0.25) is 0 Å². The van der Waals surface area contributed by atoms with E-state index in [0.717, 1.165) is 19.4 Å². The van der Waals surface area contributed by atoms with Gasteiger partial charge in [0.2, 0.25) is 0 Å². The molecule has 0 unspecified atom stereocenters. The lowest BCUT2D eigenvalue weighted by molar-refractivity contribution is 0.0905. The molecule has 0 amide bonds. The van der Waals surface area contributed by atoms with Crippen LogP contribution < -0.4 is 0 Å². The molecule has 0 spiro atoms. The van der Waals surface area contributed by atoms with Crippen molar-refractivity contribution in [2.75, 3.05) is 6.61 Å². The number of epoxide rings is 1. The minimum absolute atomic E-state index is 0.235. The van der Waals surface area contributed by atoms with Gasteiger partial charge in [-0.05, 0) is 49.6 Å². The highest BCUT2D eigenvalue weighted by Crippen LogP contribution is 2.40. The maximum absolute atomic E-state index is 6.72. The van der Waals surface area contributed by atoms with Crippen molar-refractivity contribution in [2.45, 2.75) is 116 Å². The summed E-state index contributed by atoms with van der Waals surface area (Å²) < 4.78 is 18.8. The van der Waals surface area contributed by atoms with E-state index in [2.05, 4.69) is 74.7 Å². The molecule has 0 saturated carbocycles. The zero-order valence-electron chi connectivity index (χ0n) is 18.1. The molecule has 0 radical (unpaired) electrons. The molecule has 0 N–H and O–H groups in total. The van der Waals surface area contributed by atoms with Crippen LogP contribution >= 0.6 is 0 Å². The zero-order chi connectivity index (χ0) is 19.0. The van der Waals surface area contributed by atoms with Gasteiger partial charge in [-0.1, -0.05) is 41.5 Å². The van der Waals surface area contributed by atoms with Gasteiger partial charge in [0, 0.05) is 12.5 Å². The molecule has 1 heterocycles. The fourth-order valence-corrected chi connectivity index (χ4v) is 5.22. The molecule has 1 fully saturated rings. The monoisotopic (exact) mass is 374 g/mol. The smallest absolute Gasteiger partial charge is 0.192 e. The molecule has 5 heteroatoms. The van der Waals surface area contributed by atoms with Gasteiger partial charge in [0.25, 0.3) is 0 Å². The average molecular weight is 375 g/mol. The Morgan fingerprint density at radius 2 is 1.33 bits per heavy atom. The van der Waals surface area contributed by atoms with E-state index < -0.39 is 16.6 Å². The number of hydrogen-bond donors (Lipinski definition) is 0. The molecule has 3 atom stereocenters.